The predicted octanol–water partition coefficient (Wildman–Crippen LogP) is 2.15. The fourth-order valence-corrected chi connectivity index (χ4v) is 3.14. The molecule has 0 radical (unpaired) electrons. The van der Waals surface area contributed by atoms with Crippen molar-refractivity contribution < 1.29 is 4.79 Å². The number of carbonyl (C=O) groups excluding carboxylic acids is 1. The molecule has 1 atom stereocenters. The molecule has 3 rings (SSSR count). The van der Waals surface area contributed by atoms with Gasteiger partial charge in [0, 0.05) is 6.54 Å². The van der Waals surface area contributed by atoms with E-state index in [2.05, 4.69) is 20.3 Å². The molecule has 1 aromatic carbocycles. The molecule has 1 N–H and O–H groups in total. The maximum Gasteiger partial charge on any atom is 0.237 e. The Kier molecular flexibility index (Phi) is 5.59. The minimum atomic E-state index is -0.0680. The van der Waals surface area contributed by atoms with Gasteiger partial charge in [-0.1, -0.05) is 25.0 Å². The molecule has 0 spiro atoms. The Morgan fingerprint density at radius 1 is 1.25 bits per heavy atom. The lowest BCUT2D eigenvalue weighted by atomic mass is 10.2. The molecular weight excluding hydrogens is 302 g/mol. The lowest BCUT2D eigenvalue weighted by molar-refractivity contribution is -0.126. The first-order chi connectivity index (χ1) is 11.7. The van der Waals surface area contributed by atoms with E-state index in [1.807, 2.05) is 31.2 Å². The molecule has 1 saturated heterocycles. The van der Waals surface area contributed by atoms with E-state index < -0.39 is 0 Å². The Hall–Kier alpha value is -2.21. The van der Waals surface area contributed by atoms with Gasteiger partial charge in [-0.25, -0.2) is 9.67 Å². The van der Waals surface area contributed by atoms with E-state index in [4.69, 9.17) is 0 Å². The summed E-state index contributed by atoms with van der Waals surface area (Å²) in [6.45, 7) is 4.58. The highest BCUT2D eigenvalue weighted by Gasteiger charge is 2.21. The molecule has 1 aromatic heterocycles. The van der Waals surface area contributed by atoms with Gasteiger partial charge in [0.15, 0.2) is 0 Å². The van der Waals surface area contributed by atoms with Crippen molar-refractivity contribution in [2.75, 3.05) is 13.1 Å². The fourth-order valence-electron chi connectivity index (χ4n) is 3.14. The van der Waals surface area contributed by atoms with E-state index in [0.717, 1.165) is 24.3 Å². The summed E-state index contributed by atoms with van der Waals surface area (Å²) in [7, 11) is 0. The maximum absolute atomic E-state index is 12.5. The molecule has 1 fully saturated rings. The Bertz CT molecular complexity index is 647. The molecule has 2 aromatic rings. The van der Waals surface area contributed by atoms with Crippen LogP contribution in [0.5, 0.6) is 0 Å². The molecule has 24 heavy (non-hydrogen) atoms. The first kappa shape index (κ1) is 16.6. The van der Waals surface area contributed by atoms with Crippen LogP contribution < -0.4 is 5.32 Å². The third-order valence-corrected chi connectivity index (χ3v) is 4.63. The van der Waals surface area contributed by atoms with E-state index in [9.17, 15) is 4.79 Å². The van der Waals surface area contributed by atoms with E-state index in [1.165, 1.54) is 32.0 Å². The topological polar surface area (TPSA) is 63.1 Å². The van der Waals surface area contributed by atoms with E-state index in [1.54, 1.807) is 11.0 Å². The number of aromatic nitrogens is 3. The van der Waals surface area contributed by atoms with E-state index in [-0.39, 0.29) is 11.9 Å². The first-order valence-electron chi connectivity index (χ1n) is 8.70. The number of nitrogens with one attached hydrogen (secondary N) is 1. The van der Waals surface area contributed by atoms with Crippen LogP contribution in [0.2, 0.25) is 0 Å². The van der Waals surface area contributed by atoms with Gasteiger partial charge in [-0.3, -0.25) is 9.69 Å². The van der Waals surface area contributed by atoms with Gasteiger partial charge in [0.2, 0.25) is 5.91 Å². The van der Waals surface area contributed by atoms with Crippen molar-refractivity contribution in [3.05, 3.63) is 42.5 Å². The Balaban J connectivity index is 1.57. The summed E-state index contributed by atoms with van der Waals surface area (Å²) in [5, 5.41) is 7.20. The lowest BCUT2D eigenvalue weighted by Gasteiger charge is -2.26. The van der Waals surface area contributed by atoms with Crippen molar-refractivity contribution in [1.82, 2.24) is 25.0 Å². The van der Waals surface area contributed by atoms with Crippen molar-refractivity contribution in [2.45, 2.75) is 45.2 Å². The summed E-state index contributed by atoms with van der Waals surface area (Å²) in [4.78, 5) is 18.7. The van der Waals surface area contributed by atoms with Crippen molar-refractivity contribution in [1.29, 1.82) is 0 Å². The molecule has 0 unspecified atom stereocenters. The standard InChI is InChI=1S/C18H25N5O/c1-15(22-9-4-2-3-5-10-22)18(24)20-12-16-7-6-8-17(11-16)23-14-19-13-21-23/h6-8,11,13-15H,2-5,9-10,12H2,1H3,(H,20,24)/t15-/m0/s1. The summed E-state index contributed by atoms with van der Waals surface area (Å²) < 4.78 is 1.71. The molecular formula is C18H25N5O. The Labute approximate surface area is 142 Å². The van der Waals surface area contributed by atoms with Crippen LogP contribution in [0.3, 0.4) is 0 Å². The number of rotatable bonds is 5. The summed E-state index contributed by atoms with van der Waals surface area (Å²) in [6, 6.07) is 7.90. The summed E-state index contributed by atoms with van der Waals surface area (Å²) in [6.07, 6.45) is 8.12. The normalized spacial score (nSPS) is 17.2. The third kappa shape index (κ3) is 4.20. The highest BCUT2D eigenvalue weighted by Crippen LogP contribution is 2.13. The summed E-state index contributed by atoms with van der Waals surface area (Å²) in [5.41, 5.74) is 2.00. The second-order valence-corrected chi connectivity index (χ2v) is 6.35. The molecule has 1 amide bonds. The third-order valence-electron chi connectivity index (χ3n) is 4.63. The Morgan fingerprint density at radius 2 is 2.04 bits per heavy atom. The average molecular weight is 327 g/mol. The van der Waals surface area contributed by atoms with Crippen LogP contribution in [0.25, 0.3) is 5.69 Å². The largest absolute Gasteiger partial charge is 0.351 e. The summed E-state index contributed by atoms with van der Waals surface area (Å²) in [5.74, 6) is 0.100. The number of amides is 1. The van der Waals surface area contributed by atoms with Crippen LogP contribution in [-0.2, 0) is 11.3 Å². The summed E-state index contributed by atoms with van der Waals surface area (Å²) >= 11 is 0. The molecule has 2 heterocycles. The number of likely N-dealkylation sites (tertiary alicyclic amines) is 1. The average Bonchev–Trinajstić information content (AvgIpc) is 3.02. The van der Waals surface area contributed by atoms with E-state index >= 15 is 0 Å². The molecule has 0 aliphatic carbocycles. The lowest BCUT2D eigenvalue weighted by Crippen LogP contribution is -2.45. The van der Waals surface area contributed by atoms with Crippen molar-refractivity contribution in [3.63, 3.8) is 0 Å². The highest BCUT2D eigenvalue weighted by molar-refractivity contribution is 5.81. The number of hydrogen-bond donors (Lipinski definition) is 1. The number of carbonyl (C=O) groups is 1. The van der Waals surface area contributed by atoms with Crippen LogP contribution >= 0.6 is 0 Å². The molecule has 1 aliphatic heterocycles. The number of nitrogens with zero attached hydrogens (tertiary/aromatic N) is 4. The van der Waals surface area contributed by atoms with Gasteiger partial charge >= 0.3 is 0 Å². The molecule has 6 nitrogen and oxygen atoms in total. The maximum atomic E-state index is 12.5. The van der Waals surface area contributed by atoms with Gasteiger partial charge in [-0.05, 0) is 50.6 Å². The van der Waals surface area contributed by atoms with Crippen molar-refractivity contribution >= 4 is 5.91 Å². The molecule has 128 valence electrons. The van der Waals surface area contributed by atoms with Gasteiger partial charge in [0.05, 0.1) is 11.7 Å². The van der Waals surface area contributed by atoms with Gasteiger partial charge in [0.1, 0.15) is 12.7 Å². The van der Waals surface area contributed by atoms with Crippen molar-refractivity contribution in [2.24, 2.45) is 0 Å². The zero-order chi connectivity index (χ0) is 16.8. The minimum Gasteiger partial charge on any atom is -0.351 e. The smallest absolute Gasteiger partial charge is 0.237 e. The predicted molar refractivity (Wildman–Crippen MR) is 92.7 cm³/mol. The van der Waals surface area contributed by atoms with E-state index in [0.29, 0.717) is 6.54 Å². The van der Waals surface area contributed by atoms with Crippen LogP contribution in [0.4, 0.5) is 0 Å². The van der Waals surface area contributed by atoms with Crippen LogP contribution in [0, 0.1) is 0 Å². The quantitative estimate of drug-likeness (QED) is 0.914. The fraction of sp³-hybridized carbons (Fsp3) is 0.500. The second-order valence-electron chi connectivity index (χ2n) is 6.35. The number of benzene rings is 1. The molecule has 0 bridgehead atoms. The minimum absolute atomic E-state index is 0.0680. The molecule has 6 heteroatoms. The van der Waals surface area contributed by atoms with Gasteiger partial charge in [-0.15, -0.1) is 0 Å². The zero-order valence-electron chi connectivity index (χ0n) is 14.2. The second kappa shape index (κ2) is 8.06. The van der Waals surface area contributed by atoms with Crippen LogP contribution in [0.1, 0.15) is 38.2 Å². The van der Waals surface area contributed by atoms with Gasteiger partial charge in [0.25, 0.3) is 0 Å². The van der Waals surface area contributed by atoms with Crippen molar-refractivity contribution in [3.8, 4) is 5.69 Å². The molecule has 0 saturated carbocycles. The van der Waals surface area contributed by atoms with Gasteiger partial charge < -0.3 is 5.32 Å². The monoisotopic (exact) mass is 327 g/mol. The van der Waals surface area contributed by atoms with Crippen LogP contribution in [-0.4, -0.2) is 44.7 Å². The molecule has 1 aliphatic rings. The SMILES string of the molecule is C[C@@H](C(=O)NCc1cccc(-n2cncn2)c1)N1CCCCCC1. The first-order valence-corrected chi connectivity index (χ1v) is 8.70. The zero-order valence-corrected chi connectivity index (χ0v) is 14.2. The van der Waals surface area contributed by atoms with Gasteiger partial charge in [-0.2, -0.15) is 5.10 Å². The number of hydrogen-bond acceptors (Lipinski definition) is 4. The van der Waals surface area contributed by atoms with Crippen LogP contribution in [0.15, 0.2) is 36.9 Å². The highest BCUT2D eigenvalue weighted by atomic mass is 16.2. The Morgan fingerprint density at radius 3 is 2.75 bits per heavy atom.